The number of amides is 2. The molecule has 0 bridgehead atoms. The number of unbranched alkanes of at least 4 members (excludes halogenated alkanes) is 2. The maximum atomic E-state index is 13.1. The van der Waals surface area contributed by atoms with E-state index in [-0.39, 0.29) is 18.4 Å². The van der Waals surface area contributed by atoms with E-state index in [1.807, 2.05) is 49.0 Å². The van der Waals surface area contributed by atoms with E-state index in [0.29, 0.717) is 26.1 Å². The third-order valence-electron chi connectivity index (χ3n) is 4.85. The summed E-state index contributed by atoms with van der Waals surface area (Å²) in [4.78, 5) is 29.2. The minimum atomic E-state index is -0.0603. The van der Waals surface area contributed by atoms with Crippen molar-refractivity contribution in [1.82, 2.24) is 14.4 Å². The van der Waals surface area contributed by atoms with E-state index in [2.05, 4.69) is 6.92 Å². The Kier molecular flexibility index (Phi) is 8.85. The lowest BCUT2D eigenvalue weighted by Gasteiger charge is -2.27. The maximum Gasteiger partial charge on any atom is 0.242 e. The van der Waals surface area contributed by atoms with Gasteiger partial charge in [-0.2, -0.15) is 0 Å². The predicted molar refractivity (Wildman–Crippen MR) is 109 cm³/mol. The maximum absolute atomic E-state index is 13.1. The molecule has 154 valence electrons. The zero-order valence-corrected chi connectivity index (χ0v) is 17.4. The van der Waals surface area contributed by atoms with Gasteiger partial charge in [0.25, 0.3) is 0 Å². The van der Waals surface area contributed by atoms with Gasteiger partial charge in [0.1, 0.15) is 5.76 Å². The van der Waals surface area contributed by atoms with Crippen LogP contribution in [0.4, 0.5) is 0 Å². The van der Waals surface area contributed by atoms with Crippen LogP contribution in [0.5, 0.6) is 0 Å². The van der Waals surface area contributed by atoms with Crippen LogP contribution >= 0.6 is 0 Å². The van der Waals surface area contributed by atoms with Crippen molar-refractivity contribution in [2.75, 3.05) is 13.1 Å². The van der Waals surface area contributed by atoms with E-state index in [1.165, 1.54) is 0 Å². The van der Waals surface area contributed by atoms with E-state index in [0.717, 1.165) is 37.1 Å². The molecule has 0 atom stereocenters. The number of carbonyl (C=O) groups excluding carboxylic acids is 2. The predicted octanol–water partition coefficient (Wildman–Crippen LogP) is 3.97. The minimum Gasteiger partial charge on any atom is -0.467 e. The summed E-state index contributed by atoms with van der Waals surface area (Å²) >= 11 is 0. The summed E-state index contributed by atoms with van der Waals surface area (Å²) in [7, 11) is 1.96. The largest absolute Gasteiger partial charge is 0.467 e. The van der Waals surface area contributed by atoms with E-state index in [9.17, 15) is 9.59 Å². The zero-order valence-electron chi connectivity index (χ0n) is 17.4. The monoisotopic (exact) mass is 387 g/mol. The summed E-state index contributed by atoms with van der Waals surface area (Å²) in [6.07, 6.45) is 7.92. The van der Waals surface area contributed by atoms with E-state index in [4.69, 9.17) is 4.42 Å². The molecule has 2 rings (SSSR count). The molecule has 0 aliphatic heterocycles. The van der Waals surface area contributed by atoms with Crippen molar-refractivity contribution < 1.29 is 14.0 Å². The first-order valence-electron chi connectivity index (χ1n) is 10.2. The number of carbonyl (C=O) groups is 2. The summed E-state index contributed by atoms with van der Waals surface area (Å²) in [6, 6.07) is 7.65. The molecule has 6 nitrogen and oxygen atoms in total. The fraction of sp³-hybridized carbons (Fsp3) is 0.545. The molecule has 0 aromatic carbocycles. The highest BCUT2D eigenvalue weighted by atomic mass is 16.3. The van der Waals surface area contributed by atoms with Gasteiger partial charge in [-0.1, -0.05) is 26.7 Å². The highest BCUT2D eigenvalue weighted by Gasteiger charge is 2.22. The van der Waals surface area contributed by atoms with Crippen LogP contribution in [-0.4, -0.2) is 39.3 Å². The van der Waals surface area contributed by atoms with Gasteiger partial charge in [0.05, 0.1) is 25.9 Å². The van der Waals surface area contributed by atoms with Gasteiger partial charge in [0, 0.05) is 31.9 Å². The van der Waals surface area contributed by atoms with Crippen LogP contribution in [0.1, 0.15) is 57.4 Å². The first kappa shape index (κ1) is 21.8. The zero-order chi connectivity index (χ0) is 20.4. The number of aromatic nitrogens is 1. The van der Waals surface area contributed by atoms with Crippen LogP contribution in [0, 0.1) is 0 Å². The van der Waals surface area contributed by atoms with Crippen molar-refractivity contribution in [1.29, 1.82) is 0 Å². The van der Waals surface area contributed by atoms with Gasteiger partial charge in [-0.3, -0.25) is 9.59 Å². The lowest BCUT2D eigenvalue weighted by atomic mass is 10.2. The third kappa shape index (κ3) is 6.59. The van der Waals surface area contributed by atoms with E-state index >= 15 is 0 Å². The Morgan fingerprint density at radius 2 is 1.82 bits per heavy atom. The van der Waals surface area contributed by atoms with Gasteiger partial charge in [-0.15, -0.1) is 0 Å². The van der Waals surface area contributed by atoms with Crippen LogP contribution in [0.2, 0.25) is 0 Å². The highest BCUT2D eigenvalue weighted by molar-refractivity contribution is 5.84. The Morgan fingerprint density at radius 3 is 2.43 bits per heavy atom. The molecular weight excluding hydrogens is 354 g/mol. The average Bonchev–Trinajstić information content (AvgIpc) is 3.33. The fourth-order valence-electron chi connectivity index (χ4n) is 3.19. The number of nitrogens with zero attached hydrogens (tertiary/aromatic N) is 3. The highest BCUT2D eigenvalue weighted by Crippen LogP contribution is 2.13. The summed E-state index contributed by atoms with van der Waals surface area (Å²) in [5.74, 6) is 0.745. The van der Waals surface area contributed by atoms with Gasteiger partial charge < -0.3 is 18.8 Å². The second kappa shape index (κ2) is 11.4. The molecule has 2 heterocycles. The molecule has 2 aromatic rings. The first-order chi connectivity index (χ1) is 13.5. The van der Waals surface area contributed by atoms with Gasteiger partial charge in [0.2, 0.25) is 11.8 Å². The molecule has 0 spiro atoms. The topological polar surface area (TPSA) is 58.7 Å². The molecule has 2 amide bonds. The van der Waals surface area contributed by atoms with Gasteiger partial charge >= 0.3 is 0 Å². The minimum absolute atomic E-state index is 0.0603. The number of furan rings is 1. The lowest BCUT2D eigenvalue weighted by molar-refractivity contribution is -0.141. The summed E-state index contributed by atoms with van der Waals surface area (Å²) in [6.45, 7) is 5.74. The molecular formula is C22H33N3O3. The van der Waals surface area contributed by atoms with Crippen LogP contribution in [-0.2, 0) is 29.7 Å². The molecule has 0 N–H and O–H groups in total. The van der Waals surface area contributed by atoms with Crippen molar-refractivity contribution in [3.63, 3.8) is 0 Å². The Morgan fingerprint density at radius 1 is 1.00 bits per heavy atom. The van der Waals surface area contributed by atoms with Crippen molar-refractivity contribution in [3.8, 4) is 0 Å². The van der Waals surface area contributed by atoms with Gasteiger partial charge in [0.15, 0.2) is 0 Å². The van der Waals surface area contributed by atoms with E-state index < -0.39 is 0 Å². The number of hydrogen-bond donors (Lipinski definition) is 0. The molecule has 0 radical (unpaired) electrons. The Bertz CT molecular complexity index is 721. The van der Waals surface area contributed by atoms with Crippen LogP contribution < -0.4 is 0 Å². The number of hydrogen-bond acceptors (Lipinski definition) is 3. The second-order valence-corrected chi connectivity index (χ2v) is 7.21. The Hall–Kier alpha value is -2.50. The quantitative estimate of drug-likeness (QED) is 0.518. The summed E-state index contributed by atoms with van der Waals surface area (Å²) < 4.78 is 7.45. The standard InChI is InChI=1S/C22H33N3O3/c1-4-6-7-12-21(26)24(13-5-2)18-22(27)25(17-20-11-9-15-28-20)16-19-10-8-14-23(19)3/h8-11,14-15H,4-7,12-13,16-18H2,1-3H3. The Labute approximate surface area is 168 Å². The van der Waals surface area contributed by atoms with E-state index in [1.54, 1.807) is 16.1 Å². The first-order valence-corrected chi connectivity index (χ1v) is 10.2. The second-order valence-electron chi connectivity index (χ2n) is 7.21. The van der Waals surface area contributed by atoms with Crippen molar-refractivity contribution in [3.05, 3.63) is 48.2 Å². The third-order valence-corrected chi connectivity index (χ3v) is 4.85. The smallest absolute Gasteiger partial charge is 0.242 e. The van der Waals surface area contributed by atoms with Crippen LogP contribution in [0.3, 0.4) is 0 Å². The SMILES string of the molecule is CCCCCC(=O)N(CCC)CC(=O)N(Cc1ccco1)Cc1cccn1C. The molecule has 6 heteroatoms. The number of aryl methyl sites for hydroxylation is 1. The molecule has 0 saturated carbocycles. The average molecular weight is 388 g/mol. The molecule has 28 heavy (non-hydrogen) atoms. The molecule has 0 saturated heterocycles. The van der Waals surface area contributed by atoms with Gasteiger partial charge in [-0.05, 0) is 37.1 Å². The summed E-state index contributed by atoms with van der Waals surface area (Å²) in [5.41, 5.74) is 1.04. The van der Waals surface area contributed by atoms with Gasteiger partial charge in [-0.25, -0.2) is 0 Å². The molecule has 2 aromatic heterocycles. The normalized spacial score (nSPS) is 10.8. The van der Waals surface area contributed by atoms with Crippen molar-refractivity contribution >= 4 is 11.8 Å². The Balaban J connectivity index is 2.07. The summed E-state index contributed by atoms with van der Waals surface area (Å²) in [5, 5.41) is 0. The van der Waals surface area contributed by atoms with Crippen LogP contribution in [0.15, 0.2) is 41.1 Å². The molecule has 0 unspecified atom stereocenters. The van der Waals surface area contributed by atoms with Crippen molar-refractivity contribution in [2.24, 2.45) is 7.05 Å². The molecule has 0 fully saturated rings. The number of rotatable bonds is 12. The molecule has 0 aliphatic rings. The fourth-order valence-corrected chi connectivity index (χ4v) is 3.19. The molecule has 0 aliphatic carbocycles. The van der Waals surface area contributed by atoms with Crippen LogP contribution in [0.25, 0.3) is 0 Å². The lowest BCUT2D eigenvalue weighted by Crippen LogP contribution is -2.42. The van der Waals surface area contributed by atoms with Crippen molar-refractivity contribution in [2.45, 2.75) is 59.0 Å².